The summed E-state index contributed by atoms with van der Waals surface area (Å²) in [6, 6.07) is 7.72. The molecule has 0 saturated heterocycles. The Bertz CT molecular complexity index is 446. The topological polar surface area (TPSA) is 46.1 Å². The van der Waals surface area contributed by atoms with Crippen molar-refractivity contribution in [2.45, 2.75) is 13.0 Å². The van der Waals surface area contributed by atoms with Crippen LogP contribution in [0.15, 0.2) is 29.3 Å². The fourth-order valence-electron chi connectivity index (χ4n) is 1.85. The Morgan fingerprint density at radius 2 is 2.11 bits per heavy atom. The molecule has 0 bridgehead atoms. The van der Waals surface area contributed by atoms with Crippen LogP contribution in [0, 0.1) is 0 Å². The van der Waals surface area contributed by atoms with Crippen molar-refractivity contribution < 1.29 is 9.47 Å². The third-order valence-corrected chi connectivity index (χ3v) is 2.77. The number of aliphatic imine (C=N–C) groups is 1. The van der Waals surface area contributed by atoms with Gasteiger partial charge in [-0.1, -0.05) is 12.1 Å². The van der Waals surface area contributed by atoms with Crippen molar-refractivity contribution in [3.63, 3.8) is 0 Å². The lowest BCUT2D eigenvalue weighted by molar-refractivity contribution is 0.0970. The van der Waals surface area contributed by atoms with E-state index in [1.807, 2.05) is 43.3 Å². The summed E-state index contributed by atoms with van der Waals surface area (Å²) in [7, 11) is 3.93. The van der Waals surface area contributed by atoms with Gasteiger partial charge in [0.1, 0.15) is 6.61 Å². The highest BCUT2D eigenvalue weighted by molar-refractivity contribution is 5.79. The maximum Gasteiger partial charge on any atom is 0.193 e. The van der Waals surface area contributed by atoms with Crippen molar-refractivity contribution in [3.05, 3.63) is 24.3 Å². The first kappa shape index (κ1) is 13.5. The van der Waals surface area contributed by atoms with Gasteiger partial charge in [0.25, 0.3) is 0 Å². The van der Waals surface area contributed by atoms with Crippen LogP contribution in [0.1, 0.15) is 6.92 Å². The maximum atomic E-state index is 5.86. The van der Waals surface area contributed by atoms with Crippen LogP contribution in [0.25, 0.3) is 0 Å². The Labute approximate surface area is 114 Å². The SMILES string of the molecule is CCNC(=NCC1COc2ccccc2O1)N(C)C. The van der Waals surface area contributed by atoms with Crippen LogP contribution in [-0.4, -0.2) is 50.8 Å². The zero-order valence-corrected chi connectivity index (χ0v) is 11.7. The Hall–Kier alpha value is -1.91. The number of nitrogens with zero attached hydrogens (tertiary/aromatic N) is 2. The minimum Gasteiger partial charge on any atom is -0.486 e. The molecular formula is C14H21N3O2. The third kappa shape index (κ3) is 3.53. The van der Waals surface area contributed by atoms with Crippen LogP contribution in [0.4, 0.5) is 0 Å². The Kier molecular flexibility index (Phi) is 4.49. The lowest BCUT2D eigenvalue weighted by atomic mass is 10.2. The van der Waals surface area contributed by atoms with Crippen LogP contribution in [0.5, 0.6) is 11.5 Å². The number of guanidine groups is 1. The van der Waals surface area contributed by atoms with E-state index in [0.29, 0.717) is 13.2 Å². The summed E-state index contributed by atoms with van der Waals surface area (Å²) in [5.74, 6) is 2.47. The molecule has 104 valence electrons. The van der Waals surface area contributed by atoms with Gasteiger partial charge in [0.2, 0.25) is 0 Å². The van der Waals surface area contributed by atoms with Crippen LogP contribution in [0.3, 0.4) is 0 Å². The molecule has 1 N–H and O–H groups in total. The highest BCUT2D eigenvalue weighted by Gasteiger charge is 2.20. The number of rotatable bonds is 3. The first-order chi connectivity index (χ1) is 9.20. The molecule has 1 atom stereocenters. The van der Waals surface area contributed by atoms with E-state index in [1.54, 1.807) is 0 Å². The molecule has 19 heavy (non-hydrogen) atoms. The molecule has 0 fully saturated rings. The van der Waals surface area contributed by atoms with Crippen molar-refractivity contribution in [1.29, 1.82) is 0 Å². The zero-order valence-electron chi connectivity index (χ0n) is 11.7. The number of ether oxygens (including phenoxy) is 2. The Morgan fingerprint density at radius 1 is 1.37 bits per heavy atom. The molecule has 5 nitrogen and oxygen atoms in total. The van der Waals surface area contributed by atoms with Crippen LogP contribution < -0.4 is 14.8 Å². The molecule has 1 heterocycles. The molecular weight excluding hydrogens is 242 g/mol. The molecule has 1 aliphatic rings. The van der Waals surface area contributed by atoms with Crippen LogP contribution >= 0.6 is 0 Å². The molecule has 1 aromatic carbocycles. The van der Waals surface area contributed by atoms with Gasteiger partial charge in [0.15, 0.2) is 23.6 Å². The van der Waals surface area contributed by atoms with E-state index < -0.39 is 0 Å². The molecule has 5 heteroatoms. The summed E-state index contributed by atoms with van der Waals surface area (Å²) in [4.78, 5) is 6.50. The quantitative estimate of drug-likeness (QED) is 0.660. The van der Waals surface area contributed by atoms with Gasteiger partial charge in [-0.05, 0) is 19.1 Å². The van der Waals surface area contributed by atoms with E-state index in [-0.39, 0.29) is 6.10 Å². The second-order valence-electron chi connectivity index (χ2n) is 4.59. The van der Waals surface area contributed by atoms with Crippen molar-refractivity contribution in [2.24, 2.45) is 4.99 Å². The van der Waals surface area contributed by atoms with Crippen LogP contribution in [-0.2, 0) is 0 Å². The second kappa shape index (κ2) is 6.31. The summed E-state index contributed by atoms with van der Waals surface area (Å²) >= 11 is 0. The largest absolute Gasteiger partial charge is 0.486 e. The van der Waals surface area contributed by atoms with Gasteiger partial charge in [0.05, 0.1) is 6.54 Å². The average Bonchev–Trinajstić information content (AvgIpc) is 2.43. The van der Waals surface area contributed by atoms with Crippen molar-refractivity contribution in [2.75, 3.05) is 33.8 Å². The first-order valence-corrected chi connectivity index (χ1v) is 6.55. The average molecular weight is 263 g/mol. The smallest absolute Gasteiger partial charge is 0.193 e. The van der Waals surface area contributed by atoms with Gasteiger partial charge < -0.3 is 19.7 Å². The number of fused-ring (bicyclic) bond motifs is 1. The van der Waals surface area contributed by atoms with Gasteiger partial charge in [-0.3, -0.25) is 0 Å². The lowest BCUT2D eigenvalue weighted by Crippen LogP contribution is -2.38. The molecule has 0 amide bonds. The summed E-state index contributed by atoms with van der Waals surface area (Å²) in [6.45, 7) is 4.01. The molecule has 0 aromatic heterocycles. The highest BCUT2D eigenvalue weighted by atomic mass is 16.6. The summed E-state index contributed by atoms with van der Waals surface area (Å²) in [6.07, 6.45) is -0.0384. The van der Waals surface area contributed by atoms with E-state index in [0.717, 1.165) is 24.0 Å². The number of hydrogen-bond donors (Lipinski definition) is 1. The third-order valence-electron chi connectivity index (χ3n) is 2.77. The van der Waals surface area contributed by atoms with Gasteiger partial charge >= 0.3 is 0 Å². The lowest BCUT2D eigenvalue weighted by Gasteiger charge is -2.26. The van der Waals surface area contributed by atoms with Gasteiger partial charge in [0, 0.05) is 20.6 Å². The fourth-order valence-corrected chi connectivity index (χ4v) is 1.85. The van der Waals surface area contributed by atoms with Crippen molar-refractivity contribution in [3.8, 4) is 11.5 Å². The predicted molar refractivity (Wildman–Crippen MR) is 76.0 cm³/mol. The van der Waals surface area contributed by atoms with Gasteiger partial charge in [-0.2, -0.15) is 0 Å². The van der Waals surface area contributed by atoms with Crippen molar-refractivity contribution >= 4 is 5.96 Å². The highest BCUT2D eigenvalue weighted by Crippen LogP contribution is 2.30. The number of benzene rings is 1. The van der Waals surface area contributed by atoms with E-state index in [4.69, 9.17) is 9.47 Å². The standard InChI is InChI=1S/C14H21N3O2/c1-4-15-14(17(2)3)16-9-11-10-18-12-7-5-6-8-13(12)19-11/h5-8,11H,4,9-10H2,1-3H3,(H,15,16). The van der Waals surface area contributed by atoms with E-state index in [9.17, 15) is 0 Å². The zero-order chi connectivity index (χ0) is 13.7. The van der Waals surface area contributed by atoms with E-state index in [2.05, 4.69) is 17.2 Å². The number of nitrogens with one attached hydrogen (secondary N) is 1. The monoisotopic (exact) mass is 263 g/mol. The number of para-hydroxylation sites is 2. The second-order valence-corrected chi connectivity index (χ2v) is 4.59. The summed E-state index contributed by atoms with van der Waals surface area (Å²) in [5.41, 5.74) is 0. The van der Waals surface area contributed by atoms with Gasteiger partial charge in [-0.15, -0.1) is 0 Å². The molecule has 1 unspecified atom stereocenters. The molecule has 0 radical (unpaired) electrons. The normalized spacial score (nSPS) is 18.1. The Morgan fingerprint density at radius 3 is 2.79 bits per heavy atom. The van der Waals surface area contributed by atoms with E-state index >= 15 is 0 Å². The molecule has 0 saturated carbocycles. The molecule has 1 aliphatic heterocycles. The minimum atomic E-state index is -0.0384. The molecule has 2 rings (SSSR count). The van der Waals surface area contributed by atoms with Crippen molar-refractivity contribution in [1.82, 2.24) is 10.2 Å². The van der Waals surface area contributed by atoms with Crippen LogP contribution in [0.2, 0.25) is 0 Å². The number of hydrogen-bond acceptors (Lipinski definition) is 3. The first-order valence-electron chi connectivity index (χ1n) is 6.55. The molecule has 0 aliphatic carbocycles. The molecule has 0 spiro atoms. The molecule has 1 aromatic rings. The van der Waals surface area contributed by atoms with Gasteiger partial charge in [-0.25, -0.2) is 4.99 Å². The fraction of sp³-hybridized carbons (Fsp3) is 0.500. The summed E-state index contributed by atoms with van der Waals surface area (Å²) in [5, 5.41) is 3.22. The summed E-state index contributed by atoms with van der Waals surface area (Å²) < 4.78 is 11.5. The maximum absolute atomic E-state index is 5.86. The van der Waals surface area contributed by atoms with E-state index in [1.165, 1.54) is 0 Å². The Balaban J connectivity index is 1.96. The predicted octanol–water partition coefficient (Wildman–Crippen LogP) is 1.35. The minimum absolute atomic E-state index is 0.0384.